The zero-order valence-corrected chi connectivity index (χ0v) is 19.5. The Morgan fingerprint density at radius 2 is 1.45 bits per heavy atom. The summed E-state index contributed by atoms with van der Waals surface area (Å²) >= 11 is 0. The molecule has 0 radical (unpaired) electrons. The fourth-order valence-corrected chi connectivity index (χ4v) is 1.59. The maximum atomic E-state index is 12.0. The second-order valence-electron chi connectivity index (χ2n) is 4.02. The van der Waals surface area contributed by atoms with Gasteiger partial charge >= 0.3 is 0 Å². The molecule has 0 saturated carbocycles. The molecule has 3 heteroatoms. The number of furan rings is 1. The Morgan fingerprint density at radius 1 is 0.931 bits per heavy atom. The minimum atomic E-state index is -0.336. The molecule has 0 aromatic carbocycles. The van der Waals surface area contributed by atoms with E-state index in [1.807, 2.05) is 60.6 Å². The van der Waals surface area contributed by atoms with E-state index >= 15 is 0 Å². The van der Waals surface area contributed by atoms with Crippen LogP contribution in [0.5, 0.6) is 0 Å². The third kappa shape index (κ3) is 15.7. The van der Waals surface area contributed by atoms with Gasteiger partial charge in [0.2, 0.25) is 0 Å². The Balaban J connectivity index is -0.000000347. The lowest BCUT2D eigenvalue weighted by Gasteiger charge is -2.02. The number of amides is 1. The van der Waals surface area contributed by atoms with E-state index in [4.69, 9.17) is 4.42 Å². The van der Waals surface area contributed by atoms with Crippen molar-refractivity contribution < 1.29 is 9.21 Å². The van der Waals surface area contributed by atoms with Crippen LogP contribution in [0.1, 0.15) is 64.8 Å². The van der Waals surface area contributed by atoms with E-state index in [9.17, 15) is 4.79 Å². The van der Waals surface area contributed by atoms with Crippen molar-refractivity contribution in [3.05, 3.63) is 105 Å². The Hall–Kier alpha value is -3.07. The van der Waals surface area contributed by atoms with Crippen LogP contribution in [0.4, 0.5) is 0 Å². The second kappa shape index (κ2) is 27.2. The molecule has 0 aliphatic heterocycles. The summed E-state index contributed by atoms with van der Waals surface area (Å²) in [6.45, 7) is 30.7. The highest BCUT2D eigenvalue weighted by Gasteiger charge is 2.12. The van der Waals surface area contributed by atoms with Crippen molar-refractivity contribution in [2.75, 3.05) is 0 Å². The van der Waals surface area contributed by atoms with Crippen molar-refractivity contribution >= 4 is 11.5 Å². The fraction of sp³-hybridized carbons (Fsp3) is 0.269. The standard InChI is InChI=1S/C18H19NO2.3C2H6.C2H4/c1-5-9-11-14(7-3)16-12-13-17(21-16)18(20)19-15(8-4)10-6-2;4*1-2/h5-13H,1-2,4H2,3H3,(H,19,20);3*1-2H3;1-2H2/b11-9-,14-7+,15-10+;;;;. The van der Waals surface area contributed by atoms with Crippen molar-refractivity contribution in [1.82, 2.24) is 5.32 Å². The van der Waals surface area contributed by atoms with Gasteiger partial charge in [0.05, 0.1) is 0 Å². The first-order valence-electron chi connectivity index (χ1n) is 9.98. The summed E-state index contributed by atoms with van der Waals surface area (Å²) in [4.78, 5) is 12.0. The number of allylic oxidation sites excluding steroid dienone is 8. The third-order valence-electron chi connectivity index (χ3n) is 2.61. The van der Waals surface area contributed by atoms with Gasteiger partial charge in [-0.05, 0) is 31.2 Å². The van der Waals surface area contributed by atoms with Crippen LogP contribution < -0.4 is 5.32 Å². The van der Waals surface area contributed by atoms with E-state index in [0.717, 1.165) is 5.57 Å². The van der Waals surface area contributed by atoms with Gasteiger partial charge in [0.15, 0.2) is 5.76 Å². The fourth-order valence-electron chi connectivity index (χ4n) is 1.59. The van der Waals surface area contributed by atoms with Gasteiger partial charge in [0.1, 0.15) is 5.76 Å². The summed E-state index contributed by atoms with van der Waals surface area (Å²) in [5.74, 6) is 0.513. The molecule has 0 aliphatic carbocycles. The van der Waals surface area contributed by atoms with Gasteiger partial charge in [-0.15, -0.1) is 13.2 Å². The maximum absolute atomic E-state index is 12.0. The van der Waals surface area contributed by atoms with Crippen LogP contribution in [0.15, 0.2) is 97.7 Å². The summed E-state index contributed by atoms with van der Waals surface area (Å²) in [5.41, 5.74) is 1.44. The molecule has 1 heterocycles. The molecule has 0 aliphatic rings. The highest BCUT2D eigenvalue weighted by Crippen LogP contribution is 2.19. The van der Waals surface area contributed by atoms with E-state index in [2.05, 4.69) is 38.2 Å². The van der Waals surface area contributed by atoms with E-state index in [-0.39, 0.29) is 11.7 Å². The van der Waals surface area contributed by atoms with Crippen molar-refractivity contribution in [1.29, 1.82) is 0 Å². The zero-order chi connectivity index (χ0) is 23.7. The molecule has 29 heavy (non-hydrogen) atoms. The molecule has 0 spiro atoms. The molecule has 1 N–H and O–H groups in total. The van der Waals surface area contributed by atoms with E-state index in [1.54, 1.807) is 36.4 Å². The summed E-state index contributed by atoms with van der Waals surface area (Å²) < 4.78 is 5.57. The van der Waals surface area contributed by atoms with Gasteiger partial charge in [-0.3, -0.25) is 4.79 Å². The van der Waals surface area contributed by atoms with Crippen molar-refractivity contribution in [3.8, 4) is 0 Å². The first kappa shape index (κ1) is 33.5. The van der Waals surface area contributed by atoms with Crippen LogP contribution in [-0.4, -0.2) is 5.91 Å². The van der Waals surface area contributed by atoms with Crippen molar-refractivity contribution in [2.45, 2.75) is 48.5 Å². The van der Waals surface area contributed by atoms with E-state index in [1.165, 1.54) is 6.08 Å². The van der Waals surface area contributed by atoms with Gasteiger partial charge in [-0.1, -0.05) is 91.7 Å². The van der Waals surface area contributed by atoms with Crippen LogP contribution in [0.3, 0.4) is 0 Å². The Bertz CT molecular complexity index is 643. The molecule has 1 rings (SSSR count). The average molecular weight is 400 g/mol. The minimum Gasteiger partial charge on any atom is -0.451 e. The number of carbonyl (C=O) groups excluding carboxylic acids is 1. The lowest BCUT2D eigenvalue weighted by atomic mass is 10.2. The van der Waals surface area contributed by atoms with Gasteiger partial charge in [-0.2, -0.15) is 0 Å². The van der Waals surface area contributed by atoms with Crippen LogP contribution in [-0.2, 0) is 0 Å². The first-order chi connectivity index (χ1) is 14.2. The molecule has 162 valence electrons. The van der Waals surface area contributed by atoms with Gasteiger partial charge < -0.3 is 9.73 Å². The molecule has 0 atom stereocenters. The Labute approximate surface area is 179 Å². The van der Waals surface area contributed by atoms with E-state index in [0.29, 0.717) is 11.5 Å². The monoisotopic (exact) mass is 399 g/mol. The Kier molecular flexibility index (Phi) is 31.4. The molecular formula is C26H41NO2. The van der Waals surface area contributed by atoms with Crippen molar-refractivity contribution in [3.63, 3.8) is 0 Å². The number of nitrogens with one attached hydrogen (secondary N) is 1. The average Bonchev–Trinajstić information content (AvgIpc) is 3.30. The van der Waals surface area contributed by atoms with Crippen LogP contribution >= 0.6 is 0 Å². The van der Waals surface area contributed by atoms with Crippen LogP contribution in [0, 0.1) is 0 Å². The molecule has 0 saturated heterocycles. The van der Waals surface area contributed by atoms with Crippen molar-refractivity contribution in [2.24, 2.45) is 0 Å². The summed E-state index contributed by atoms with van der Waals surface area (Å²) in [6, 6.07) is 3.38. The summed E-state index contributed by atoms with van der Waals surface area (Å²) in [6.07, 6.45) is 12.0. The lowest BCUT2D eigenvalue weighted by Crippen LogP contribution is -2.21. The second-order valence-corrected chi connectivity index (χ2v) is 4.02. The smallest absolute Gasteiger partial charge is 0.291 e. The lowest BCUT2D eigenvalue weighted by molar-refractivity contribution is 0.0939. The predicted molar refractivity (Wildman–Crippen MR) is 133 cm³/mol. The van der Waals surface area contributed by atoms with Gasteiger partial charge in [0, 0.05) is 11.3 Å². The summed E-state index contributed by atoms with van der Waals surface area (Å²) in [7, 11) is 0. The minimum absolute atomic E-state index is 0.230. The predicted octanol–water partition coefficient (Wildman–Crippen LogP) is 8.29. The molecule has 1 aromatic heterocycles. The molecule has 0 fully saturated rings. The number of carbonyl (C=O) groups is 1. The topological polar surface area (TPSA) is 42.2 Å². The zero-order valence-electron chi connectivity index (χ0n) is 19.5. The molecule has 3 nitrogen and oxygen atoms in total. The van der Waals surface area contributed by atoms with Gasteiger partial charge in [-0.25, -0.2) is 0 Å². The highest BCUT2D eigenvalue weighted by molar-refractivity contribution is 5.93. The Morgan fingerprint density at radius 3 is 1.86 bits per heavy atom. The molecule has 0 bridgehead atoms. The summed E-state index contributed by atoms with van der Waals surface area (Å²) in [5, 5.41) is 2.68. The molecular weight excluding hydrogens is 358 g/mol. The number of hydrogen-bond acceptors (Lipinski definition) is 2. The molecule has 1 aromatic rings. The SMILES string of the molecule is C=C.C=C/C=C\C(=C/C)c1ccc(C(=O)N/C(C=C)=C/C=C)o1.CC.CC.CC. The largest absolute Gasteiger partial charge is 0.451 e. The normalized spacial score (nSPS) is 9.62. The number of hydrogen-bond donors (Lipinski definition) is 1. The van der Waals surface area contributed by atoms with E-state index < -0.39 is 0 Å². The molecule has 0 unspecified atom stereocenters. The van der Waals surface area contributed by atoms with Crippen LogP contribution in [0.25, 0.3) is 5.57 Å². The number of rotatable bonds is 7. The maximum Gasteiger partial charge on any atom is 0.291 e. The van der Waals surface area contributed by atoms with Crippen LogP contribution in [0.2, 0.25) is 0 Å². The third-order valence-corrected chi connectivity index (χ3v) is 2.61. The highest BCUT2D eigenvalue weighted by atomic mass is 16.3. The quantitative estimate of drug-likeness (QED) is 0.370. The van der Waals surface area contributed by atoms with Gasteiger partial charge in [0.25, 0.3) is 5.91 Å². The molecule has 1 amide bonds. The first-order valence-corrected chi connectivity index (χ1v) is 9.98.